The van der Waals surface area contributed by atoms with Gasteiger partial charge in [-0.15, -0.1) is 0 Å². The van der Waals surface area contributed by atoms with Gasteiger partial charge in [-0.2, -0.15) is 0 Å². The van der Waals surface area contributed by atoms with Crippen molar-refractivity contribution in [3.05, 3.63) is 65.7 Å². The number of pyridine rings is 1. The standard InChI is InChI=1S/C15H15FN2O/c1-11(9-12-5-3-2-4-6-12)18-15(19)14-8-7-13(16)10-17-14/h2-8,10-11H,9H2,1H3,(H,18,19). The summed E-state index contributed by atoms with van der Waals surface area (Å²) in [5.41, 5.74) is 1.38. The van der Waals surface area contributed by atoms with Crippen molar-refractivity contribution in [1.29, 1.82) is 0 Å². The smallest absolute Gasteiger partial charge is 0.270 e. The molecule has 1 heterocycles. The van der Waals surface area contributed by atoms with Crippen molar-refractivity contribution in [2.75, 3.05) is 0 Å². The number of carbonyl (C=O) groups excluding carboxylic acids is 1. The van der Waals surface area contributed by atoms with Gasteiger partial charge in [-0.1, -0.05) is 30.3 Å². The van der Waals surface area contributed by atoms with Crippen LogP contribution in [0.2, 0.25) is 0 Å². The van der Waals surface area contributed by atoms with Crippen molar-refractivity contribution in [2.24, 2.45) is 0 Å². The number of benzene rings is 1. The van der Waals surface area contributed by atoms with E-state index in [1.807, 2.05) is 37.3 Å². The maximum Gasteiger partial charge on any atom is 0.270 e. The third kappa shape index (κ3) is 3.88. The summed E-state index contributed by atoms with van der Waals surface area (Å²) < 4.78 is 12.7. The Morgan fingerprint density at radius 1 is 1.26 bits per heavy atom. The number of nitrogens with one attached hydrogen (secondary N) is 1. The molecule has 4 heteroatoms. The van der Waals surface area contributed by atoms with Crippen LogP contribution >= 0.6 is 0 Å². The summed E-state index contributed by atoms with van der Waals surface area (Å²) in [6.07, 6.45) is 1.78. The van der Waals surface area contributed by atoms with E-state index in [-0.39, 0.29) is 17.6 Å². The number of carbonyl (C=O) groups is 1. The third-order valence-electron chi connectivity index (χ3n) is 2.72. The van der Waals surface area contributed by atoms with Gasteiger partial charge in [-0.25, -0.2) is 9.37 Å². The molecule has 0 aliphatic rings. The molecule has 0 fully saturated rings. The quantitative estimate of drug-likeness (QED) is 0.915. The Morgan fingerprint density at radius 2 is 2.00 bits per heavy atom. The number of rotatable bonds is 4. The monoisotopic (exact) mass is 258 g/mol. The van der Waals surface area contributed by atoms with E-state index in [1.165, 1.54) is 12.1 Å². The molecule has 0 saturated heterocycles. The fourth-order valence-electron chi connectivity index (χ4n) is 1.83. The van der Waals surface area contributed by atoms with Crippen molar-refractivity contribution >= 4 is 5.91 Å². The molecule has 1 aromatic heterocycles. The molecule has 0 bridgehead atoms. The molecule has 98 valence electrons. The van der Waals surface area contributed by atoms with E-state index in [0.29, 0.717) is 0 Å². The zero-order valence-corrected chi connectivity index (χ0v) is 10.6. The van der Waals surface area contributed by atoms with Crippen LogP contribution in [0.25, 0.3) is 0 Å². The second-order valence-electron chi connectivity index (χ2n) is 4.43. The Labute approximate surface area is 111 Å². The first-order valence-corrected chi connectivity index (χ1v) is 6.11. The summed E-state index contributed by atoms with van der Waals surface area (Å²) in [7, 11) is 0. The number of hydrogen-bond acceptors (Lipinski definition) is 2. The minimum atomic E-state index is -0.450. The molecule has 0 radical (unpaired) electrons. The molecular formula is C15H15FN2O. The lowest BCUT2D eigenvalue weighted by Gasteiger charge is -2.13. The molecule has 19 heavy (non-hydrogen) atoms. The van der Waals surface area contributed by atoms with Crippen molar-refractivity contribution < 1.29 is 9.18 Å². The summed E-state index contributed by atoms with van der Waals surface area (Å²) in [5, 5.41) is 2.84. The van der Waals surface area contributed by atoms with Crippen LogP contribution in [-0.4, -0.2) is 16.9 Å². The van der Waals surface area contributed by atoms with Crippen molar-refractivity contribution in [3.8, 4) is 0 Å². The molecule has 1 N–H and O–H groups in total. The van der Waals surface area contributed by atoms with Gasteiger partial charge in [0.15, 0.2) is 0 Å². The van der Waals surface area contributed by atoms with Gasteiger partial charge in [-0.05, 0) is 31.0 Å². The molecule has 0 saturated carbocycles. The van der Waals surface area contributed by atoms with Crippen LogP contribution in [0.15, 0.2) is 48.7 Å². The van der Waals surface area contributed by atoms with Crippen LogP contribution < -0.4 is 5.32 Å². The summed E-state index contributed by atoms with van der Waals surface area (Å²) >= 11 is 0. The largest absolute Gasteiger partial charge is 0.348 e. The molecule has 0 aliphatic heterocycles. The Balaban J connectivity index is 1.93. The topological polar surface area (TPSA) is 42.0 Å². The summed E-state index contributed by atoms with van der Waals surface area (Å²) in [6.45, 7) is 1.93. The Kier molecular flexibility index (Phi) is 4.23. The molecule has 1 amide bonds. The second kappa shape index (κ2) is 6.09. The fraction of sp³-hybridized carbons (Fsp3) is 0.200. The van der Waals surface area contributed by atoms with Gasteiger partial charge in [0.2, 0.25) is 0 Å². The maximum absolute atomic E-state index is 12.7. The molecule has 1 aromatic carbocycles. The summed E-state index contributed by atoms with van der Waals surface area (Å²) in [6, 6.07) is 12.5. The highest BCUT2D eigenvalue weighted by Gasteiger charge is 2.11. The zero-order chi connectivity index (χ0) is 13.7. The third-order valence-corrected chi connectivity index (χ3v) is 2.72. The average molecular weight is 258 g/mol. The molecule has 1 unspecified atom stereocenters. The van der Waals surface area contributed by atoms with E-state index in [9.17, 15) is 9.18 Å². The van der Waals surface area contributed by atoms with Gasteiger partial charge in [0, 0.05) is 6.04 Å². The van der Waals surface area contributed by atoms with Crippen LogP contribution in [0.4, 0.5) is 4.39 Å². The minimum Gasteiger partial charge on any atom is -0.348 e. The SMILES string of the molecule is CC(Cc1ccccc1)NC(=O)c1ccc(F)cn1. The average Bonchev–Trinajstić information content (AvgIpc) is 2.40. The summed E-state index contributed by atoms with van der Waals surface area (Å²) in [5.74, 6) is -0.739. The fourth-order valence-corrected chi connectivity index (χ4v) is 1.83. The van der Waals surface area contributed by atoms with Crippen molar-refractivity contribution in [1.82, 2.24) is 10.3 Å². The molecule has 1 atom stereocenters. The zero-order valence-electron chi connectivity index (χ0n) is 10.6. The first kappa shape index (κ1) is 13.2. The lowest BCUT2D eigenvalue weighted by Crippen LogP contribution is -2.34. The van der Waals surface area contributed by atoms with E-state index in [4.69, 9.17) is 0 Å². The van der Waals surface area contributed by atoms with Gasteiger partial charge in [0.05, 0.1) is 6.20 Å². The van der Waals surface area contributed by atoms with Crippen molar-refractivity contribution in [3.63, 3.8) is 0 Å². The van der Waals surface area contributed by atoms with Crippen LogP contribution in [-0.2, 0) is 6.42 Å². The van der Waals surface area contributed by atoms with Crippen LogP contribution in [0.1, 0.15) is 23.0 Å². The highest BCUT2D eigenvalue weighted by molar-refractivity contribution is 5.92. The molecule has 2 rings (SSSR count). The maximum atomic E-state index is 12.7. The molecular weight excluding hydrogens is 243 g/mol. The first-order chi connectivity index (χ1) is 9.15. The van der Waals surface area contributed by atoms with E-state index >= 15 is 0 Å². The second-order valence-corrected chi connectivity index (χ2v) is 4.43. The molecule has 0 spiro atoms. The van der Waals surface area contributed by atoms with Gasteiger partial charge in [0.25, 0.3) is 5.91 Å². The van der Waals surface area contributed by atoms with Gasteiger partial charge >= 0.3 is 0 Å². The molecule has 3 nitrogen and oxygen atoms in total. The highest BCUT2D eigenvalue weighted by atomic mass is 19.1. The number of amides is 1. The number of nitrogens with zero attached hydrogens (tertiary/aromatic N) is 1. The minimum absolute atomic E-state index is 0.0123. The number of halogens is 1. The van der Waals surface area contributed by atoms with E-state index in [0.717, 1.165) is 18.2 Å². The Hall–Kier alpha value is -2.23. The van der Waals surface area contributed by atoms with Crippen molar-refractivity contribution in [2.45, 2.75) is 19.4 Å². The van der Waals surface area contributed by atoms with E-state index in [2.05, 4.69) is 10.3 Å². The summed E-state index contributed by atoms with van der Waals surface area (Å²) in [4.78, 5) is 15.6. The van der Waals surface area contributed by atoms with E-state index < -0.39 is 5.82 Å². The van der Waals surface area contributed by atoms with Crippen LogP contribution in [0, 0.1) is 5.82 Å². The number of aromatic nitrogens is 1. The van der Waals surface area contributed by atoms with Gasteiger partial charge < -0.3 is 5.32 Å². The molecule has 2 aromatic rings. The van der Waals surface area contributed by atoms with Crippen LogP contribution in [0.3, 0.4) is 0 Å². The Morgan fingerprint density at radius 3 is 2.63 bits per heavy atom. The van der Waals surface area contributed by atoms with Gasteiger partial charge in [0.1, 0.15) is 11.5 Å². The predicted molar refractivity (Wildman–Crippen MR) is 71.3 cm³/mol. The number of hydrogen-bond donors (Lipinski definition) is 1. The lowest BCUT2D eigenvalue weighted by molar-refractivity contribution is 0.0935. The normalized spacial score (nSPS) is 11.9. The first-order valence-electron chi connectivity index (χ1n) is 6.11. The van der Waals surface area contributed by atoms with Crippen LogP contribution in [0.5, 0.6) is 0 Å². The lowest BCUT2D eigenvalue weighted by atomic mass is 10.1. The molecule has 0 aliphatic carbocycles. The van der Waals surface area contributed by atoms with Gasteiger partial charge in [-0.3, -0.25) is 4.79 Å². The highest BCUT2D eigenvalue weighted by Crippen LogP contribution is 2.04. The predicted octanol–water partition coefficient (Wildman–Crippen LogP) is 2.58. The van der Waals surface area contributed by atoms with E-state index in [1.54, 1.807) is 0 Å². The Bertz CT molecular complexity index is 540.